The lowest BCUT2D eigenvalue weighted by Crippen LogP contribution is -2.26. The maximum Gasteiger partial charge on any atom is 0.339 e. The van der Waals surface area contributed by atoms with Crippen molar-refractivity contribution in [2.45, 2.75) is 38.7 Å². The van der Waals surface area contributed by atoms with E-state index < -0.39 is 0 Å². The zero-order valence-electron chi connectivity index (χ0n) is 10.2. The number of fused-ring (bicyclic) bond motifs is 1. The Bertz CT molecular complexity index is 434. The highest BCUT2D eigenvalue weighted by Gasteiger charge is 2.28. The van der Waals surface area contributed by atoms with Crippen LogP contribution in [-0.2, 0) is 4.74 Å². The predicted molar refractivity (Wildman–Crippen MR) is 68.8 cm³/mol. The molecule has 0 aromatic heterocycles. The monoisotopic (exact) mass is 230 g/mol. The van der Waals surface area contributed by atoms with Gasteiger partial charge in [0.1, 0.15) is 6.10 Å². The largest absolute Gasteiger partial charge is 0.454 e. The molecule has 2 heteroatoms. The van der Waals surface area contributed by atoms with Crippen LogP contribution in [0.1, 0.15) is 48.5 Å². The minimum Gasteiger partial charge on any atom is -0.454 e. The summed E-state index contributed by atoms with van der Waals surface area (Å²) in [6.07, 6.45) is 4.17. The van der Waals surface area contributed by atoms with Crippen LogP contribution in [0, 0.1) is 0 Å². The van der Waals surface area contributed by atoms with E-state index in [4.69, 9.17) is 4.74 Å². The van der Waals surface area contributed by atoms with E-state index in [9.17, 15) is 4.79 Å². The second kappa shape index (κ2) is 5.17. The minimum atomic E-state index is -0.213. The lowest BCUT2D eigenvalue weighted by molar-refractivity contribution is 0.0373. The van der Waals surface area contributed by atoms with Gasteiger partial charge in [0.2, 0.25) is 0 Å². The van der Waals surface area contributed by atoms with Crippen molar-refractivity contribution < 1.29 is 9.53 Å². The number of ether oxygens (including phenoxy) is 1. The van der Waals surface area contributed by atoms with Gasteiger partial charge in [0, 0.05) is 0 Å². The van der Waals surface area contributed by atoms with E-state index in [0.717, 1.165) is 24.0 Å². The van der Waals surface area contributed by atoms with Gasteiger partial charge in [-0.3, -0.25) is 0 Å². The number of esters is 1. The summed E-state index contributed by atoms with van der Waals surface area (Å²) in [6.45, 7) is 6.24. The molecule has 0 amide bonds. The Morgan fingerprint density at radius 1 is 1.24 bits per heavy atom. The van der Waals surface area contributed by atoms with Crippen molar-refractivity contribution in [2.75, 3.05) is 0 Å². The molecule has 1 aliphatic heterocycles. The van der Waals surface area contributed by atoms with Gasteiger partial charge >= 0.3 is 5.97 Å². The van der Waals surface area contributed by atoms with Gasteiger partial charge in [0.05, 0.1) is 5.56 Å². The molecular formula is C15H18O2. The van der Waals surface area contributed by atoms with E-state index in [1.807, 2.05) is 18.2 Å². The molecule has 2 nitrogen and oxygen atoms in total. The molecule has 1 aromatic rings. The van der Waals surface area contributed by atoms with Gasteiger partial charge in [0.25, 0.3) is 0 Å². The molecule has 1 aromatic carbocycles. The van der Waals surface area contributed by atoms with Gasteiger partial charge in [-0.25, -0.2) is 4.79 Å². The van der Waals surface area contributed by atoms with E-state index in [0.29, 0.717) is 5.56 Å². The van der Waals surface area contributed by atoms with Crippen LogP contribution in [0.25, 0.3) is 5.57 Å². The van der Waals surface area contributed by atoms with E-state index in [2.05, 4.69) is 13.5 Å². The highest BCUT2D eigenvalue weighted by atomic mass is 16.5. The van der Waals surface area contributed by atoms with E-state index in [1.54, 1.807) is 6.07 Å². The fourth-order valence-corrected chi connectivity index (χ4v) is 2.19. The van der Waals surface area contributed by atoms with Gasteiger partial charge in [-0.05, 0) is 30.0 Å². The first-order valence-electron chi connectivity index (χ1n) is 6.23. The minimum absolute atomic E-state index is 0.135. The van der Waals surface area contributed by atoms with Crippen molar-refractivity contribution in [1.82, 2.24) is 0 Å². The van der Waals surface area contributed by atoms with Gasteiger partial charge in [-0.15, -0.1) is 0 Å². The Morgan fingerprint density at radius 2 is 1.94 bits per heavy atom. The molecule has 17 heavy (non-hydrogen) atoms. The Balaban J connectivity index is 2.15. The normalized spacial score (nSPS) is 18.8. The second-order valence-corrected chi connectivity index (χ2v) is 4.46. The van der Waals surface area contributed by atoms with Crippen LogP contribution in [0.4, 0.5) is 0 Å². The third-order valence-electron chi connectivity index (χ3n) is 3.20. The molecule has 0 N–H and O–H groups in total. The van der Waals surface area contributed by atoms with E-state index in [-0.39, 0.29) is 12.1 Å². The number of unbranched alkanes of at least 4 members (excludes halogenated alkanes) is 2. The molecule has 0 spiro atoms. The molecule has 90 valence electrons. The maximum absolute atomic E-state index is 11.8. The summed E-state index contributed by atoms with van der Waals surface area (Å²) in [6, 6.07) is 7.53. The van der Waals surface area contributed by atoms with E-state index in [1.165, 1.54) is 12.8 Å². The predicted octanol–water partition coefficient (Wildman–Crippen LogP) is 3.82. The zero-order chi connectivity index (χ0) is 12.3. The maximum atomic E-state index is 11.8. The fraction of sp³-hybridized carbons (Fsp3) is 0.400. The summed E-state index contributed by atoms with van der Waals surface area (Å²) in [5, 5.41) is 0. The topological polar surface area (TPSA) is 26.3 Å². The first-order valence-corrected chi connectivity index (χ1v) is 6.23. The number of hydrogen-bond donors (Lipinski definition) is 0. The second-order valence-electron chi connectivity index (χ2n) is 4.46. The number of rotatable bonds is 4. The summed E-state index contributed by atoms with van der Waals surface area (Å²) in [4.78, 5) is 11.8. The molecule has 1 heterocycles. The standard InChI is InChI=1S/C15H18O2/c1-3-4-5-10-14-11(2)12-8-6-7-9-13(12)15(16)17-14/h6-9,14H,2-5,10H2,1H3. The fourth-order valence-electron chi connectivity index (χ4n) is 2.19. The van der Waals surface area contributed by atoms with Crippen molar-refractivity contribution in [3.8, 4) is 0 Å². The quantitative estimate of drug-likeness (QED) is 0.580. The van der Waals surface area contributed by atoms with Crippen LogP contribution in [0.2, 0.25) is 0 Å². The Hall–Kier alpha value is -1.57. The van der Waals surface area contributed by atoms with Crippen LogP contribution >= 0.6 is 0 Å². The molecule has 0 fully saturated rings. The molecule has 0 radical (unpaired) electrons. The summed E-state index contributed by atoms with van der Waals surface area (Å²) in [5.41, 5.74) is 2.53. The first-order chi connectivity index (χ1) is 8.24. The number of carbonyl (C=O) groups is 1. The van der Waals surface area contributed by atoms with Crippen LogP contribution < -0.4 is 0 Å². The summed E-state index contributed by atoms with van der Waals surface area (Å²) >= 11 is 0. The van der Waals surface area contributed by atoms with Crippen LogP contribution in [0.5, 0.6) is 0 Å². The molecular weight excluding hydrogens is 212 g/mol. The van der Waals surface area contributed by atoms with Crippen molar-refractivity contribution in [3.63, 3.8) is 0 Å². The molecule has 0 saturated carbocycles. The van der Waals surface area contributed by atoms with Crippen molar-refractivity contribution in [2.24, 2.45) is 0 Å². The van der Waals surface area contributed by atoms with Gasteiger partial charge < -0.3 is 4.74 Å². The Kier molecular flexibility index (Phi) is 3.62. The molecule has 1 atom stereocenters. The lowest BCUT2D eigenvalue weighted by atomic mass is 9.91. The molecule has 2 rings (SSSR count). The number of hydrogen-bond acceptors (Lipinski definition) is 2. The summed E-state index contributed by atoms with van der Waals surface area (Å²) in [7, 11) is 0. The third kappa shape index (κ3) is 2.41. The Labute approximate surface area is 102 Å². The van der Waals surface area contributed by atoms with Gasteiger partial charge in [-0.1, -0.05) is 44.5 Å². The third-order valence-corrected chi connectivity index (χ3v) is 3.20. The molecule has 0 bridgehead atoms. The van der Waals surface area contributed by atoms with Crippen molar-refractivity contribution in [1.29, 1.82) is 0 Å². The zero-order valence-corrected chi connectivity index (χ0v) is 10.2. The average Bonchev–Trinajstić information content (AvgIpc) is 2.36. The number of carbonyl (C=O) groups excluding carboxylic acids is 1. The van der Waals surface area contributed by atoms with Crippen molar-refractivity contribution >= 4 is 11.5 Å². The first kappa shape index (κ1) is 11.9. The summed E-state index contributed by atoms with van der Waals surface area (Å²) < 4.78 is 5.43. The highest BCUT2D eigenvalue weighted by molar-refractivity contribution is 5.99. The molecule has 1 aliphatic rings. The van der Waals surface area contributed by atoms with Crippen LogP contribution in [0.15, 0.2) is 30.8 Å². The van der Waals surface area contributed by atoms with E-state index >= 15 is 0 Å². The average molecular weight is 230 g/mol. The number of benzene rings is 1. The van der Waals surface area contributed by atoms with Crippen LogP contribution in [0.3, 0.4) is 0 Å². The SMILES string of the molecule is C=C1c2ccccc2C(=O)OC1CCCCC. The Morgan fingerprint density at radius 3 is 2.65 bits per heavy atom. The molecule has 1 unspecified atom stereocenters. The van der Waals surface area contributed by atoms with Gasteiger partial charge in [-0.2, -0.15) is 0 Å². The smallest absolute Gasteiger partial charge is 0.339 e. The number of cyclic esters (lactones) is 1. The van der Waals surface area contributed by atoms with Crippen molar-refractivity contribution in [3.05, 3.63) is 42.0 Å². The lowest BCUT2D eigenvalue weighted by Gasteiger charge is -2.26. The molecule has 0 aliphatic carbocycles. The summed E-state index contributed by atoms with van der Waals surface area (Å²) in [5.74, 6) is -0.213. The van der Waals surface area contributed by atoms with Crippen LogP contribution in [-0.4, -0.2) is 12.1 Å². The van der Waals surface area contributed by atoms with Gasteiger partial charge in [0.15, 0.2) is 0 Å². The molecule has 0 saturated heterocycles. The highest BCUT2D eigenvalue weighted by Crippen LogP contribution is 2.31.